The van der Waals surface area contributed by atoms with Crippen LogP contribution in [0.5, 0.6) is 0 Å². The van der Waals surface area contributed by atoms with Crippen LogP contribution in [-0.4, -0.2) is 53.8 Å². The highest BCUT2D eigenvalue weighted by molar-refractivity contribution is 6.06. The number of ether oxygens (including phenoxy) is 1. The summed E-state index contributed by atoms with van der Waals surface area (Å²) in [6, 6.07) is 11.8. The van der Waals surface area contributed by atoms with Crippen LogP contribution in [0.1, 0.15) is 39.8 Å². The Kier molecular flexibility index (Phi) is 5.87. The summed E-state index contributed by atoms with van der Waals surface area (Å²) in [5.41, 5.74) is 3.44. The van der Waals surface area contributed by atoms with E-state index in [1.807, 2.05) is 32.0 Å². The number of aromatic nitrogens is 2. The Morgan fingerprint density at radius 1 is 1.21 bits per heavy atom. The maximum absolute atomic E-state index is 13.3. The fraction of sp³-hybridized carbons (Fsp3) is 0.409. The number of nitrogens with zero attached hydrogens (tertiary/aromatic N) is 3. The molecule has 3 heterocycles. The number of nitrogens with one attached hydrogen (secondary N) is 1. The molecule has 2 aromatic heterocycles. The van der Waals surface area contributed by atoms with E-state index in [-0.39, 0.29) is 11.9 Å². The quantitative estimate of drug-likeness (QED) is 0.692. The molecule has 1 atom stereocenters. The molecule has 0 saturated carbocycles. The van der Waals surface area contributed by atoms with Crippen molar-refractivity contribution in [3.63, 3.8) is 0 Å². The summed E-state index contributed by atoms with van der Waals surface area (Å²) in [5, 5.41) is 7.88. The highest BCUT2D eigenvalue weighted by Gasteiger charge is 2.22. The van der Waals surface area contributed by atoms with E-state index in [2.05, 4.69) is 32.5 Å². The van der Waals surface area contributed by atoms with Gasteiger partial charge >= 0.3 is 0 Å². The van der Waals surface area contributed by atoms with Crippen LogP contribution in [0.2, 0.25) is 0 Å². The summed E-state index contributed by atoms with van der Waals surface area (Å²) in [5.74, 6) is -0.136. The lowest BCUT2D eigenvalue weighted by atomic mass is 10.0. The topological polar surface area (TPSA) is 80.5 Å². The van der Waals surface area contributed by atoms with E-state index < -0.39 is 0 Å². The lowest BCUT2D eigenvalue weighted by molar-refractivity contribution is 0.0360. The van der Waals surface area contributed by atoms with Gasteiger partial charge < -0.3 is 14.6 Å². The third-order valence-corrected chi connectivity index (χ3v) is 5.33. The van der Waals surface area contributed by atoms with E-state index in [0.29, 0.717) is 22.4 Å². The van der Waals surface area contributed by atoms with Crippen LogP contribution in [-0.2, 0) is 4.74 Å². The number of hydrogen-bond donors (Lipinski definition) is 1. The van der Waals surface area contributed by atoms with Gasteiger partial charge in [-0.25, -0.2) is 4.98 Å². The fourth-order valence-corrected chi connectivity index (χ4v) is 3.78. The first-order valence-corrected chi connectivity index (χ1v) is 10.0. The summed E-state index contributed by atoms with van der Waals surface area (Å²) in [4.78, 5) is 20.0. The minimum Gasteiger partial charge on any atom is -0.379 e. The number of carbonyl (C=O) groups is 1. The van der Waals surface area contributed by atoms with Crippen molar-refractivity contribution in [2.75, 3.05) is 32.8 Å². The maximum atomic E-state index is 13.3. The minimum absolute atomic E-state index is 0.0877. The predicted molar refractivity (Wildman–Crippen MR) is 110 cm³/mol. The molecule has 0 aliphatic carbocycles. The van der Waals surface area contributed by atoms with Crippen molar-refractivity contribution in [3.8, 4) is 0 Å². The summed E-state index contributed by atoms with van der Waals surface area (Å²) in [6.45, 7) is 7.97. The second kappa shape index (κ2) is 8.71. The first kappa shape index (κ1) is 19.5. The van der Waals surface area contributed by atoms with Gasteiger partial charge in [-0.3, -0.25) is 9.69 Å². The van der Waals surface area contributed by atoms with Crippen LogP contribution < -0.4 is 5.32 Å². The number of morpholine rings is 1. The van der Waals surface area contributed by atoms with Crippen molar-refractivity contribution in [1.29, 1.82) is 0 Å². The number of amides is 1. The highest BCUT2D eigenvalue weighted by Crippen LogP contribution is 2.24. The van der Waals surface area contributed by atoms with E-state index in [1.54, 1.807) is 6.07 Å². The van der Waals surface area contributed by atoms with E-state index in [9.17, 15) is 4.79 Å². The van der Waals surface area contributed by atoms with E-state index >= 15 is 0 Å². The molecular weight excluding hydrogens is 368 g/mol. The van der Waals surface area contributed by atoms with Gasteiger partial charge in [-0.2, -0.15) is 0 Å². The van der Waals surface area contributed by atoms with Gasteiger partial charge in [-0.15, -0.1) is 0 Å². The molecule has 0 unspecified atom stereocenters. The summed E-state index contributed by atoms with van der Waals surface area (Å²) in [6.07, 6.45) is 0.825. The molecule has 0 radical (unpaired) electrons. The number of pyridine rings is 1. The van der Waals surface area contributed by atoms with Crippen LogP contribution in [0.25, 0.3) is 11.1 Å². The molecule has 1 fully saturated rings. The Morgan fingerprint density at radius 3 is 2.72 bits per heavy atom. The maximum Gasteiger partial charge on any atom is 0.258 e. The number of hydrogen-bond acceptors (Lipinski definition) is 6. The van der Waals surface area contributed by atoms with E-state index in [1.165, 1.54) is 0 Å². The number of aryl methyl sites for hydroxylation is 2. The molecule has 0 bridgehead atoms. The molecule has 29 heavy (non-hydrogen) atoms. The number of benzene rings is 1. The predicted octanol–water partition coefficient (Wildman–Crippen LogP) is 3.03. The minimum atomic E-state index is -0.136. The molecule has 1 N–H and O–H groups in total. The monoisotopic (exact) mass is 394 g/mol. The third kappa shape index (κ3) is 4.46. The smallest absolute Gasteiger partial charge is 0.258 e. The van der Waals surface area contributed by atoms with Crippen LogP contribution in [0, 0.1) is 13.8 Å². The van der Waals surface area contributed by atoms with Crippen LogP contribution >= 0.6 is 0 Å². The zero-order chi connectivity index (χ0) is 20.2. The summed E-state index contributed by atoms with van der Waals surface area (Å²) >= 11 is 0. The van der Waals surface area contributed by atoms with Gasteiger partial charge in [0.15, 0.2) is 0 Å². The Labute approximate surface area is 170 Å². The molecule has 1 aliphatic heterocycles. The molecule has 1 aromatic carbocycles. The zero-order valence-corrected chi connectivity index (χ0v) is 16.9. The average molecular weight is 394 g/mol. The lowest BCUT2D eigenvalue weighted by Crippen LogP contribution is -2.39. The number of carbonyl (C=O) groups excluding carboxylic acids is 1. The van der Waals surface area contributed by atoms with Crippen LogP contribution in [0.15, 0.2) is 40.9 Å². The zero-order valence-electron chi connectivity index (χ0n) is 16.9. The highest BCUT2D eigenvalue weighted by atomic mass is 16.5. The first-order chi connectivity index (χ1) is 14.1. The largest absolute Gasteiger partial charge is 0.379 e. The Morgan fingerprint density at radius 2 is 1.97 bits per heavy atom. The van der Waals surface area contributed by atoms with Crippen molar-refractivity contribution in [1.82, 2.24) is 20.4 Å². The molecule has 7 heteroatoms. The van der Waals surface area contributed by atoms with Gasteiger partial charge in [0.1, 0.15) is 0 Å². The molecule has 7 nitrogen and oxygen atoms in total. The number of rotatable bonds is 6. The molecular formula is C22H26N4O3. The van der Waals surface area contributed by atoms with E-state index in [0.717, 1.165) is 50.5 Å². The molecule has 152 valence electrons. The van der Waals surface area contributed by atoms with Gasteiger partial charge in [0.2, 0.25) is 0 Å². The molecule has 4 rings (SSSR count). The molecule has 3 aromatic rings. The molecule has 0 spiro atoms. The summed E-state index contributed by atoms with van der Waals surface area (Å²) < 4.78 is 10.7. The van der Waals surface area contributed by atoms with Gasteiger partial charge in [0.05, 0.1) is 35.9 Å². The SMILES string of the molecule is Cc1cc(C(=O)N[C@@H](CCN2CCOCC2)c2ccccc2)c2c(C)noc2n1. The van der Waals surface area contributed by atoms with Crippen molar-refractivity contribution in [2.24, 2.45) is 0 Å². The third-order valence-electron chi connectivity index (χ3n) is 5.33. The van der Waals surface area contributed by atoms with Crippen LogP contribution in [0.4, 0.5) is 0 Å². The fourth-order valence-electron chi connectivity index (χ4n) is 3.78. The number of fused-ring (bicyclic) bond motifs is 1. The van der Waals surface area contributed by atoms with Crippen LogP contribution in [0.3, 0.4) is 0 Å². The van der Waals surface area contributed by atoms with Gasteiger partial charge in [-0.05, 0) is 31.9 Å². The average Bonchev–Trinajstić information content (AvgIpc) is 3.12. The molecule has 1 saturated heterocycles. The second-order valence-corrected chi connectivity index (χ2v) is 7.44. The van der Waals surface area contributed by atoms with E-state index in [4.69, 9.17) is 9.26 Å². The Bertz CT molecular complexity index is 980. The second-order valence-electron chi connectivity index (χ2n) is 7.44. The van der Waals surface area contributed by atoms with Crippen molar-refractivity contribution in [2.45, 2.75) is 26.3 Å². The molecule has 1 amide bonds. The van der Waals surface area contributed by atoms with Gasteiger partial charge in [0, 0.05) is 25.3 Å². The van der Waals surface area contributed by atoms with Gasteiger partial charge in [-0.1, -0.05) is 35.5 Å². The van der Waals surface area contributed by atoms with Crippen molar-refractivity contribution < 1.29 is 14.1 Å². The van der Waals surface area contributed by atoms with Crippen molar-refractivity contribution in [3.05, 3.63) is 58.9 Å². The Balaban J connectivity index is 1.57. The molecule has 1 aliphatic rings. The van der Waals surface area contributed by atoms with Crippen molar-refractivity contribution >= 4 is 17.0 Å². The summed E-state index contributed by atoms with van der Waals surface area (Å²) in [7, 11) is 0. The lowest BCUT2D eigenvalue weighted by Gasteiger charge is -2.29. The van der Waals surface area contributed by atoms with Gasteiger partial charge in [0.25, 0.3) is 11.6 Å². The normalized spacial score (nSPS) is 16.1. The standard InChI is InChI=1S/C22H26N4O3/c1-15-14-18(20-16(2)25-29-22(20)23-15)21(27)24-19(17-6-4-3-5-7-17)8-9-26-10-12-28-13-11-26/h3-7,14,19H,8-13H2,1-2H3,(H,24,27)/t19-/m0/s1. The first-order valence-electron chi connectivity index (χ1n) is 10.0. The Hall–Kier alpha value is -2.77.